The summed E-state index contributed by atoms with van der Waals surface area (Å²) in [6.07, 6.45) is 1.79. The molecule has 4 rings (SSSR count). The molecule has 1 aromatic heterocycles. The molecule has 2 atom stereocenters. The topological polar surface area (TPSA) is 119 Å². The highest BCUT2D eigenvalue weighted by atomic mass is 16.6. The summed E-state index contributed by atoms with van der Waals surface area (Å²) in [7, 11) is 0. The monoisotopic (exact) mass is 481 g/mol. The van der Waals surface area contributed by atoms with Crippen LogP contribution in [0.2, 0.25) is 0 Å². The summed E-state index contributed by atoms with van der Waals surface area (Å²) in [5.74, 6) is 0.827. The Morgan fingerprint density at radius 3 is 2.49 bits per heavy atom. The smallest absolute Gasteiger partial charge is 0.411 e. The Bertz CT molecular complexity index is 1170. The van der Waals surface area contributed by atoms with Crippen molar-refractivity contribution in [2.75, 3.05) is 24.3 Å². The van der Waals surface area contributed by atoms with Gasteiger partial charge in [0.1, 0.15) is 24.6 Å². The second-order valence-electron chi connectivity index (χ2n) is 9.60. The number of nitrogen functional groups attached to an aromatic ring is 1. The van der Waals surface area contributed by atoms with Gasteiger partial charge in [-0.15, -0.1) is 0 Å². The minimum absolute atomic E-state index is 0.00491. The normalized spacial score (nSPS) is 15.6. The zero-order chi connectivity index (χ0) is 25.1. The quantitative estimate of drug-likeness (QED) is 0.344. The summed E-state index contributed by atoms with van der Waals surface area (Å²) < 4.78 is 13.4. The van der Waals surface area contributed by atoms with Crippen molar-refractivity contribution in [2.45, 2.75) is 58.3 Å². The van der Waals surface area contributed by atoms with Gasteiger partial charge in [0.15, 0.2) is 0 Å². The van der Waals surface area contributed by atoms with Gasteiger partial charge in [-0.3, -0.25) is 5.32 Å². The summed E-state index contributed by atoms with van der Waals surface area (Å²) in [6.45, 7) is 5.54. The van der Waals surface area contributed by atoms with E-state index in [-0.39, 0.29) is 25.2 Å². The third kappa shape index (κ3) is 5.39. The standard InChI is InChI=1S/C27H35N3O5/c1-16(2)17(3)35-27(33)29-19-9-7-18(8-10-19)26-25(28)23-13-22(34-15-21(32)14-31)11-12-24(23)30(26)20-5-4-6-20/h7-13,16-17,20-21,31-32H,4-6,14-15,28H2,1-3H3,(H,29,33)/t17-,21?/m1/s1. The van der Waals surface area contributed by atoms with E-state index in [2.05, 4.69) is 9.88 Å². The molecule has 0 radical (unpaired) electrons. The lowest BCUT2D eigenvalue weighted by molar-refractivity contribution is 0.0536. The lowest BCUT2D eigenvalue weighted by atomic mass is 9.92. The van der Waals surface area contributed by atoms with Crippen LogP contribution < -0.4 is 15.8 Å². The number of anilines is 2. The average molecular weight is 482 g/mol. The summed E-state index contributed by atoms with van der Waals surface area (Å²) in [4.78, 5) is 12.2. The maximum Gasteiger partial charge on any atom is 0.411 e. The van der Waals surface area contributed by atoms with E-state index < -0.39 is 12.2 Å². The van der Waals surface area contributed by atoms with E-state index in [0.717, 1.165) is 35.0 Å². The molecule has 0 aliphatic heterocycles. The minimum atomic E-state index is -0.934. The number of nitrogens with one attached hydrogen (secondary N) is 1. The van der Waals surface area contributed by atoms with E-state index in [9.17, 15) is 9.90 Å². The Morgan fingerprint density at radius 2 is 1.89 bits per heavy atom. The van der Waals surface area contributed by atoms with Crippen molar-refractivity contribution in [1.29, 1.82) is 0 Å². The summed E-state index contributed by atoms with van der Waals surface area (Å²) >= 11 is 0. The molecule has 3 aromatic rings. The average Bonchev–Trinajstić information content (AvgIpc) is 3.08. The van der Waals surface area contributed by atoms with Gasteiger partial charge in [-0.2, -0.15) is 0 Å². The number of fused-ring (bicyclic) bond motifs is 1. The number of carbonyl (C=O) groups excluding carboxylic acids is 1. The molecule has 188 valence electrons. The molecule has 8 nitrogen and oxygen atoms in total. The van der Waals surface area contributed by atoms with Gasteiger partial charge in [-0.05, 0) is 62.4 Å². The number of amides is 1. The second kappa shape index (κ2) is 10.6. The van der Waals surface area contributed by atoms with Gasteiger partial charge in [0.25, 0.3) is 0 Å². The zero-order valence-electron chi connectivity index (χ0n) is 20.5. The van der Waals surface area contributed by atoms with Gasteiger partial charge in [-0.25, -0.2) is 4.79 Å². The van der Waals surface area contributed by atoms with Gasteiger partial charge in [0, 0.05) is 22.7 Å². The van der Waals surface area contributed by atoms with Crippen LogP contribution in [0, 0.1) is 5.92 Å². The van der Waals surface area contributed by atoms with Gasteiger partial charge in [-0.1, -0.05) is 26.0 Å². The fraction of sp³-hybridized carbons (Fsp3) is 0.444. The Labute approximate surface area is 205 Å². The highest BCUT2D eigenvalue weighted by molar-refractivity contribution is 6.02. The van der Waals surface area contributed by atoms with Crippen molar-refractivity contribution < 1.29 is 24.5 Å². The first-order valence-electron chi connectivity index (χ1n) is 12.2. The largest absolute Gasteiger partial charge is 0.491 e. The number of benzene rings is 2. The zero-order valence-corrected chi connectivity index (χ0v) is 20.5. The van der Waals surface area contributed by atoms with Crippen LogP contribution in [0.15, 0.2) is 42.5 Å². The van der Waals surface area contributed by atoms with Crippen LogP contribution in [-0.4, -0.2) is 46.3 Å². The number of nitrogens with two attached hydrogens (primary N) is 1. The highest BCUT2D eigenvalue weighted by Gasteiger charge is 2.27. The molecule has 1 unspecified atom stereocenters. The fourth-order valence-corrected chi connectivity index (χ4v) is 4.14. The van der Waals surface area contributed by atoms with E-state index in [4.69, 9.17) is 20.3 Å². The SMILES string of the molecule is CC(C)[C@@H](C)OC(=O)Nc1ccc(-c2c(N)c3cc(OCC(O)CO)ccc3n2C2CCC2)cc1. The Kier molecular flexibility index (Phi) is 7.52. The first-order chi connectivity index (χ1) is 16.8. The van der Waals surface area contributed by atoms with Crippen LogP contribution in [0.25, 0.3) is 22.2 Å². The van der Waals surface area contributed by atoms with E-state index >= 15 is 0 Å². The van der Waals surface area contributed by atoms with Crippen LogP contribution in [0.5, 0.6) is 5.75 Å². The van der Waals surface area contributed by atoms with Crippen molar-refractivity contribution in [3.63, 3.8) is 0 Å². The molecular formula is C27H35N3O5. The highest BCUT2D eigenvalue weighted by Crippen LogP contribution is 2.44. The molecule has 8 heteroatoms. The van der Waals surface area contributed by atoms with Crippen LogP contribution in [0.1, 0.15) is 46.1 Å². The Balaban J connectivity index is 1.62. The van der Waals surface area contributed by atoms with Crippen LogP contribution in [-0.2, 0) is 4.74 Å². The number of hydrogen-bond donors (Lipinski definition) is 4. The summed E-state index contributed by atoms with van der Waals surface area (Å²) in [6, 6.07) is 13.7. The van der Waals surface area contributed by atoms with Gasteiger partial charge in [0.2, 0.25) is 0 Å². The molecule has 0 bridgehead atoms. The van der Waals surface area contributed by atoms with E-state index in [1.807, 2.05) is 63.2 Å². The predicted octanol–water partition coefficient (Wildman–Crippen LogP) is 4.94. The number of hydrogen-bond acceptors (Lipinski definition) is 6. The first-order valence-corrected chi connectivity index (χ1v) is 12.2. The number of aliphatic hydroxyl groups excluding tert-OH is 2. The van der Waals surface area contributed by atoms with Gasteiger partial charge in [0.05, 0.1) is 23.5 Å². The van der Waals surface area contributed by atoms with Crippen LogP contribution >= 0.6 is 0 Å². The van der Waals surface area contributed by atoms with Crippen molar-refractivity contribution >= 4 is 28.4 Å². The lowest BCUT2D eigenvalue weighted by Gasteiger charge is -2.30. The van der Waals surface area contributed by atoms with Crippen LogP contribution in [0.4, 0.5) is 16.2 Å². The van der Waals surface area contributed by atoms with E-state index in [1.54, 1.807) is 0 Å². The Morgan fingerprint density at radius 1 is 1.17 bits per heavy atom. The first kappa shape index (κ1) is 24.9. The van der Waals surface area contributed by atoms with Crippen LogP contribution in [0.3, 0.4) is 0 Å². The molecule has 2 aromatic carbocycles. The fourth-order valence-electron chi connectivity index (χ4n) is 4.14. The lowest BCUT2D eigenvalue weighted by Crippen LogP contribution is -2.23. The number of aliphatic hydroxyl groups is 2. The maximum absolute atomic E-state index is 12.2. The maximum atomic E-state index is 12.2. The summed E-state index contributed by atoms with van der Waals surface area (Å²) in [5.41, 5.74) is 10.9. The summed E-state index contributed by atoms with van der Waals surface area (Å²) in [5, 5.41) is 22.3. The molecule has 1 aliphatic carbocycles. The molecule has 1 amide bonds. The third-order valence-corrected chi connectivity index (χ3v) is 6.74. The molecule has 1 fully saturated rings. The molecule has 1 heterocycles. The number of rotatable bonds is 9. The van der Waals surface area contributed by atoms with Crippen molar-refractivity contribution in [3.8, 4) is 17.0 Å². The minimum Gasteiger partial charge on any atom is -0.491 e. The number of ether oxygens (including phenoxy) is 2. The molecule has 1 aliphatic rings. The van der Waals surface area contributed by atoms with E-state index in [0.29, 0.717) is 23.2 Å². The third-order valence-electron chi connectivity index (χ3n) is 6.74. The van der Waals surface area contributed by atoms with Crippen molar-refractivity contribution in [2.24, 2.45) is 5.92 Å². The second-order valence-corrected chi connectivity index (χ2v) is 9.60. The predicted molar refractivity (Wildman–Crippen MR) is 138 cm³/mol. The number of nitrogens with zero attached hydrogens (tertiary/aromatic N) is 1. The van der Waals surface area contributed by atoms with Gasteiger partial charge < -0.3 is 30.0 Å². The molecule has 35 heavy (non-hydrogen) atoms. The molecule has 1 saturated carbocycles. The molecule has 0 saturated heterocycles. The van der Waals surface area contributed by atoms with Gasteiger partial charge >= 0.3 is 6.09 Å². The number of carbonyl (C=O) groups is 1. The number of aromatic nitrogens is 1. The van der Waals surface area contributed by atoms with Crippen molar-refractivity contribution in [1.82, 2.24) is 4.57 Å². The van der Waals surface area contributed by atoms with E-state index in [1.165, 1.54) is 6.42 Å². The molecule has 5 N–H and O–H groups in total. The van der Waals surface area contributed by atoms with Crippen molar-refractivity contribution in [3.05, 3.63) is 42.5 Å². The molecular weight excluding hydrogens is 446 g/mol. The molecule has 0 spiro atoms. The Hall–Kier alpha value is -3.23.